The smallest absolute Gasteiger partial charge is 0.336 e. The Hall–Kier alpha value is -2.27. The summed E-state index contributed by atoms with van der Waals surface area (Å²) in [5.74, 6) is 0.0937. The van der Waals surface area contributed by atoms with Crippen LogP contribution in [-0.2, 0) is 5.60 Å². The van der Waals surface area contributed by atoms with Crippen molar-refractivity contribution in [2.45, 2.75) is 19.4 Å². The minimum absolute atomic E-state index is 0.0802. The van der Waals surface area contributed by atoms with Crippen molar-refractivity contribution in [3.63, 3.8) is 0 Å². The molecule has 1 aromatic carbocycles. The predicted octanol–water partition coefficient (Wildman–Crippen LogP) is 2.47. The summed E-state index contributed by atoms with van der Waals surface area (Å²) in [7, 11) is 0. The molecule has 0 spiro atoms. The van der Waals surface area contributed by atoms with Crippen LogP contribution in [0.2, 0.25) is 0 Å². The summed E-state index contributed by atoms with van der Waals surface area (Å²) in [6, 6.07) is 6.23. The van der Waals surface area contributed by atoms with Gasteiger partial charge >= 0.3 is 5.63 Å². The van der Waals surface area contributed by atoms with Gasteiger partial charge in [0, 0.05) is 16.8 Å². The molecule has 0 amide bonds. The number of hydrogen-bond donors (Lipinski definition) is 2. The molecule has 0 aliphatic carbocycles. The third-order valence-electron chi connectivity index (χ3n) is 2.97. The van der Waals surface area contributed by atoms with E-state index >= 15 is 0 Å². The average Bonchev–Trinajstić information content (AvgIpc) is 2.74. The van der Waals surface area contributed by atoms with Crippen LogP contribution < -0.4 is 5.63 Å². The molecule has 0 unspecified atom stereocenters. The van der Waals surface area contributed by atoms with E-state index in [1.54, 1.807) is 32.0 Å². The maximum absolute atomic E-state index is 11.2. The lowest BCUT2D eigenvalue weighted by atomic mass is 10.1. The number of furan rings is 1. The quantitative estimate of drug-likeness (QED) is 0.656. The van der Waals surface area contributed by atoms with Crippen molar-refractivity contribution in [1.29, 1.82) is 0 Å². The van der Waals surface area contributed by atoms with Gasteiger partial charge in [-0.25, -0.2) is 4.79 Å². The standard InChI is InChI=1S/C14H12O5/c1-14(2,17)9-6-8-5-7-3-4-10(15)19-12(7)11(16)13(8)18-9/h3-6,16-17H,1-2H3. The monoisotopic (exact) mass is 260 g/mol. The summed E-state index contributed by atoms with van der Waals surface area (Å²) >= 11 is 0. The van der Waals surface area contributed by atoms with Gasteiger partial charge < -0.3 is 19.0 Å². The van der Waals surface area contributed by atoms with Crippen LogP contribution in [-0.4, -0.2) is 10.2 Å². The van der Waals surface area contributed by atoms with Crippen LogP contribution in [0, 0.1) is 0 Å². The first-order chi connectivity index (χ1) is 8.86. The molecule has 3 rings (SSSR count). The van der Waals surface area contributed by atoms with Crippen molar-refractivity contribution in [2.24, 2.45) is 0 Å². The Balaban J connectivity index is 2.43. The molecule has 19 heavy (non-hydrogen) atoms. The van der Waals surface area contributed by atoms with Crippen molar-refractivity contribution in [2.75, 3.05) is 0 Å². The van der Waals surface area contributed by atoms with Gasteiger partial charge in [-0.15, -0.1) is 0 Å². The molecule has 0 aliphatic heterocycles. The van der Waals surface area contributed by atoms with E-state index in [1.165, 1.54) is 6.07 Å². The fourth-order valence-corrected chi connectivity index (χ4v) is 2.00. The highest BCUT2D eigenvalue weighted by molar-refractivity contribution is 5.99. The molecule has 5 nitrogen and oxygen atoms in total. The van der Waals surface area contributed by atoms with Crippen molar-refractivity contribution < 1.29 is 19.0 Å². The molecule has 0 saturated carbocycles. The Morgan fingerprint density at radius 3 is 2.42 bits per heavy atom. The molecule has 0 aliphatic rings. The highest BCUT2D eigenvalue weighted by Gasteiger charge is 2.23. The van der Waals surface area contributed by atoms with Crippen LogP contribution in [0.3, 0.4) is 0 Å². The lowest BCUT2D eigenvalue weighted by Gasteiger charge is -2.12. The van der Waals surface area contributed by atoms with E-state index in [1.807, 2.05) is 0 Å². The number of rotatable bonds is 1. The molecule has 0 bridgehead atoms. The van der Waals surface area contributed by atoms with Crippen LogP contribution in [0.25, 0.3) is 21.9 Å². The lowest BCUT2D eigenvalue weighted by Crippen LogP contribution is -2.13. The van der Waals surface area contributed by atoms with E-state index in [-0.39, 0.29) is 16.9 Å². The number of phenols is 1. The van der Waals surface area contributed by atoms with Gasteiger partial charge in [-0.2, -0.15) is 0 Å². The molecule has 98 valence electrons. The minimum Gasteiger partial charge on any atom is -0.502 e. The third-order valence-corrected chi connectivity index (χ3v) is 2.97. The van der Waals surface area contributed by atoms with E-state index in [2.05, 4.69) is 0 Å². The van der Waals surface area contributed by atoms with E-state index in [9.17, 15) is 15.0 Å². The van der Waals surface area contributed by atoms with E-state index < -0.39 is 11.2 Å². The van der Waals surface area contributed by atoms with Gasteiger partial charge in [0.2, 0.25) is 5.75 Å². The summed E-state index contributed by atoms with van der Waals surface area (Å²) < 4.78 is 10.4. The molecular weight excluding hydrogens is 248 g/mol. The van der Waals surface area contributed by atoms with Crippen LogP contribution in [0.5, 0.6) is 5.75 Å². The zero-order valence-electron chi connectivity index (χ0n) is 10.4. The highest BCUT2D eigenvalue weighted by atomic mass is 16.4. The fraction of sp³-hybridized carbons (Fsp3) is 0.214. The molecule has 2 heterocycles. The number of aromatic hydroxyl groups is 1. The highest BCUT2D eigenvalue weighted by Crippen LogP contribution is 2.37. The van der Waals surface area contributed by atoms with Gasteiger partial charge in [0.05, 0.1) is 0 Å². The second-order valence-corrected chi connectivity index (χ2v) is 4.99. The van der Waals surface area contributed by atoms with Gasteiger partial charge in [0.25, 0.3) is 0 Å². The number of hydrogen-bond acceptors (Lipinski definition) is 5. The fourth-order valence-electron chi connectivity index (χ4n) is 2.00. The van der Waals surface area contributed by atoms with Gasteiger partial charge in [-0.05, 0) is 32.0 Å². The Morgan fingerprint density at radius 2 is 1.74 bits per heavy atom. The maximum atomic E-state index is 11.2. The molecule has 0 fully saturated rings. The zero-order chi connectivity index (χ0) is 13.8. The van der Waals surface area contributed by atoms with Crippen LogP contribution >= 0.6 is 0 Å². The van der Waals surface area contributed by atoms with Gasteiger partial charge in [0.15, 0.2) is 11.2 Å². The molecular formula is C14H12O5. The molecule has 0 atom stereocenters. The lowest BCUT2D eigenvalue weighted by molar-refractivity contribution is 0.0558. The van der Waals surface area contributed by atoms with E-state index in [4.69, 9.17) is 8.83 Å². The summed E-state index contributed by atoms with van der Waals surface area (Å²) in [5.41, 5.74) is -1.43. The molecule has 5 heteroatoms. The maximum Gasteiger partial charge on any atom is 0.336 e. The van der Waals surface area contributed by atoms with Crippen LogP contribution in [0.4, 0.5) is 0 Å². The SMILES string of the molecule is CC(C)(O)c1cc2cc3ccc(=O)oc3c(O)c2o1. The Kier molecular flexibility index (Phi) is 2.24. The average molecular weight is 260 g/mol. The van der Waals surface area contributed by atoms with E-state index in [0.717, 1.165) is 0 Å². The van der Waals surface area contributed by atoms with E-state index in [0.29, 0.717) is 16.5 Å². The topological polar surface area (TPSA) is 83.8 Å². The number of aliphatic hydroxyl groups is 1. The molecule has 2 aromatic heterocycles. The van der Waals surface area contributed by atoms with Gasteiger partial charge in [-0.3, -0.25) is 0 Å². The molecule has 0 radical (unpaired) electrons. The second kappa shape index (κ2) is 3.61. The second-order valence-electron chi connectivity index (χ2n) is 4.99. The first kappa shape index (κ1) is 11.8. The normalized spacial score (nSPS) is 12.4. The van der Waals surface area contributed by atoms with Crippen molar-refractivity contribution in [1.82, 2.24) is 0 Å². The predicted molar refractivity (Wildman–Crippen MR) is 69.2 cm³/mol. The van der Waals surface area contributed by atoms with Crippen molar-refractivity contribution in [3.05, 3.63) is 40.4 Å². The van der Waals surface area contributed by atoms with Gasteiger partial charge in [-0.1, -0.05) is 0 Å². The number of fused-ring (bicyclic) bond motifs is 2. The molecule has 2 N–H and O–H groups in total. The molecule has 3 aromatic rings. The summed E-state index contributed by atoms with van der Waals surface area (Å²) in [6.45, 7) is 3.17. The first-order valence-electron chi connectivity index (χ1n) is 5.78. The minimum atomic E-state index is -1.15. The summed E-state index contributed by atoms with van der Waals surface area (Å²) in [5, 5.41) is 21.2. The molecule has 0 saturated heterocycles. The van der Waals surface area contributed by atoms with Crippen LogP contribution in [0.1, 0.15) is 19.6 Å². The summed E-state index contributed by atoms with van der Waals surface area (Å²) in [6.07, 6.45) is 0. The third kappa shape index (κ3) is 1.79. The zero-order valence-corrected chi connectivity index (χ0v) is 10.4. The number of phenolic OH excluding ortho intramolecular Hbond substituents is 1. The number of benzene rings is 1. The Bertz CT molecular complexity index is 833. The Labute approximate surface area is 107 Å². The van der Waals surface area contributed by atoms with Crippen molar-refractivity contribution in [3.8, 4) is 5.75 Å². The summed E-state index contributed by atoms with van der Waals surface area (Å²) in [4.78, 5) is 11.2. The van der Waals surface area contributed by atoms with Crippen LogP contribution in [0.15, 0.2) is 37.9 Å². The first-order valence-corrected chi connectivity index (χ1v) is 5.78. The van der Waals surface area contributed by atoms with Gasteiger partial charge in [0.1, 0.15) is 11.4 Å². The largest absolute Gasteiger partial charge is 0.502 e. The van der Waals surface area contributed by atoms with Crippen molar-refractivity contribution >= 4 is 21.9 Å². The Morgan fingerprint density at radius 1 is 1.05 bits per heavy atom.